The zero-order chi connectivity index (χ0) is 15.5. The first-order valence-electron chi connectivity index (χ1n) is 7.44. The number of H-pyrrole nitrogens is 1. The fourth-order valence-corrected chi connectivity index (χ4v) is 4.27. The normalized spacial score (nSPS) is 25.4. The van der Waals surface area contributed by atoms with Crippen molar-refractivity contribution >= 4 is 11.8 Å². The standard InChI is InChI=1S/C14H23N5OS/c1-10(2)19-12(20)17-18-13(19)21-8-6-11-5-4-7-14(11,9-15)16-3/h10-11,16H,4-8H2,1-3H3,(H,17,20). The summed E-state index contributed by atoms with van der Waals surface area (Å²) in [5, 5.41) is 20.0. The predicted molar refractivity (Wildman–Crippen MR) is 83.3 cm³/mol. The van der Waals surface area contributed by atoms with Gasteiger partial charge in [-0.15, -0.1) is 5.10 Å². The van der Waals surface area contributed by atoms with Crippen LogP contribution in [0, 0.1) is 17.2 Å². The van der Waals surface area contributed by atoms with Crippen LogP contribution in [0.25, 0.3) is 0 Å². The maximum atomic E-state index is 11.7. The summed E-state index contributed by atoms with van der Waals surface area (Å²) >= 11 is 1.59. The summed E-state index contributed by atoms with van der Waals surface area (Å²) in [5.74, 6) is 1.24. The SMILES string of the molecule is CNC1(C#N)CCCC1CCSc1n[nH]c(=O)n1C(C)C. The Morgan fingerprint density at radius 1 is 1.67 bits per heavy atom. The monoisotopic (exact) mass is 309 g/mol. The minimum Gasteiger partial charge on any atom is -0.302 e. The van der Waals surface area contributed by atoms with E-state index in [0.717, 1.165) is 36.6 Å². The molecule has 0 spiro atoms. The van der Waals surface area contributed by atoms with E-state index in [2.05, 4.69) is 21.6 Å². The Kier molecular flexibility index (Phi) is 5.12. The molecule has 0 bridgehead atoms. The van der Waals surface area contributed by atoms with Gasteiger partial charge >= 0.3 is 5.69 Å². The van der Waals surface area contributed by atoms with Gasteiger partial charge in [0.05, 0.1) is 6.07 Å². The minimum atomic E-state index is -0.371. The zero-order valence-corrected chi connectivity index (χ0v) is 13.7. The summed E-state index contributed by atoms with van der Waals surface area (Å²) in [6.07, 6.45) is 4.07. The van der Waals surface area contributed by atoms with Gasteiger partial charge in [0.25, 0.3) is 0 Å². The van der Waals surface area contributed by atoms with Crippen molar-refractivity contribution in [2.24, 2.45) is 5.92 Å². The fraction of sp³-hybridized carbons (Fsp3) is 0.786. The molecule has 1 saturated carbocycles. The smallest absolute Gasteiger partial charge is 0.302 e. The second kappa shape index (κ2) is 6.67. The number of nitriles is 1. The lowest BCUT2D eigenvalue weighted by molar-refractivity contribution is 0.332. The van der Waals surface area contributed by atoms with E-state index >= 15 is 0 Å². The van der Waals surface area contributed by atoms with Gasteiger partial charge in [-0.25, -0.2) is 9.89 Å². The largest absolute Gasteiger partial charge is 0.344 e. The van der Waals surface area contributed by atoms with Crippen LogP contribution < -0.4 is 11.0 Å². The molecule has 1 aliphatic rings. The Bertz CT molecular complexity index is 573. The molecule has 6 nitrogen and oxygen atoms in total. The summed E-state index contributed by atoms with van der Waals surface area (Å²) in [4.78, 5) is 11.7. The lowest BCUT2D eigenvalue weighted by atomic mass is 9.87. The molecule has 0 saturated heterocycles. The third-order valence-electron chi connectivity index (χ3n) is 4.35. The first kappa shape index (κ1) is 16.1. The molecule has 21 heavy (non-hydrogen) atoms. The molecule has 116 valence electrons. The van der Waals surface area contributed by atoms with E-state index in [1.807, 2.05) is 20.9 Å². The van der Waals surface area contributed by atoms with Crippen molar-refractivity contribution in [3.63, 3.8) is 0 Å². The van der Waals surface area contributed by atoms with Crippen molar-refractivity contribution in [1.29, 1.82) is 5.26 Å². The van der Waals surface area contributed by atoms with Gasteiger partial charge in [0.1, 0.15) is 5.54 Å². The number of hydrogen-bond acceptors (Lipinski definition) is 5. The quantitative estimate of drug-likeness (QED) is 0.784. The maximum absolute atomic E-state index is 11.7. The van der Waals surface area contributed by atoms with Crippen LogP contribution in [0.15, 0.2) is 9.95 Å². The van der Waals surface area contributed by atoms with Crippen LogP contribution in [-0.4, -0.2) is 33.1 Å². The highest BCUT2D eigenvalue weighted by Gasteiger charge is 2.41. The van der Waals surface area contributed by atoms with Crippen LogP contribution in [0.3, 0.4) is 0 Å². The lowest BCUT2D eigenvalue weighted by Crippen LogP contribution is -2.44. The molecule has 0 amide bonds. The third-order valence-corrected chi connectivity index (χ3v) is 5.34. The molecule has 7 heteroatoms. The average molecular weight is 309 g/mol. The lowest BCUT2D eigenvalue weighted by Gasteiger charge is -2.28. The van der Waals surface area contributed by atoms with Crippen LogP contribution in [0.4, 0.5) is 0 Å². The molecule has 2 rings (SSSR count). The first-order valence-corrected chi connectivity index (χ1v) is 8.42. The first-order chi connectivity index (χ1) is 10.0. The Hall–Kier alpha value is -1.26. The van der Waals surface area contributed by atoms with Crippen molar-refractivity contribution in [3.05, 3.63) is 10.5 Å². The van der Waals surface area contributed by atoms with E-state index in [0.29, 0.717) is 5.92 Å². The van der Waals surface area contributed by atoms with Crippen LogP contribution >= 0.6 is 11.8 Å². The average Bonchev–Trinajstić information content (AvgIpc) is 3.03. The summed E-state index contributed by atoms with van der Waals surface area (Å²) < 4.78 is 1.68. The highest BCUT2D eigenvalue weighted by molar-refractivity contribution is 7.99. The second-order valence-corrected chi connectivity index (χ2v) is 6.90. The number of nitrogens with one attached hydrogen (secondary N) is 2. The highest BCUT2D eigenvalue weighted by atomic mass is 32.2. The molecule has 0 aliphatic heterocycles. The second-order valence-electron chi connectivity index (χ2n) is 5.83. The highest BCUT2D eigenvalue weighted by Crippen LogP contribution is 2.38. The number of thioether (sulfide) groups is 1. The molecular formula is C14H23N5OS. The van der Waals surface area contributed by atoms with Gasteiger partial charge in [0, 0.05) is 11.8 Å². The molecule has 2 unspecified atom stereocenters. The predicted octanol–water partition coefficient (Wildman–Crippen LogP) is 1.92. The van der Waals surface area contributed by atoms with E-state index in [4.69, 9.17) is 0 Å². The van der Waals surface area contributed by atoms with Gasteiger partial charge in [0.15, 0.2) is 5.16 Å². The van der Waals surface area contributed by atoms with Gasteiger partial charge in [0.2, 0.25) is 0 Å². The van der Waals surface area contributed by atoms with Gasteiger partial charge in [-0.2, -0.15) is 5.26 Å². The molecule has 0 radical (unpaired) electrons. The van der Waals surface area contributed by atoms with Crippen molar-refractivity contribution in [2.75, 3.05) is 12.8 Å². The fourth-order valence-electron chi connectivity index (χ4n) is 3.14. The molecule has 1 aliphatic carbocycles. The molecule has 1 heterocycles. The zero-order valence-electron chi connectivity index (χ0n) is 12.8. The minimum absolute atomic E-state index is 0.0979. The topological polar surface area (TPSA) is 86.5 Å². The molecule has 0 aromatic carbocycles. The summed E-state index contributed by atoms with van der Waals surface area (Å²) in [6.45, 7) is 3.94. The molecular weight excluding hydrogens is 286 g/mol. The Morgan fingerprint density at radius 3 is 3.05 bits per heavy atom. The van der Waals surface area contributed by atoms with E-state index < -0.39 is 0 Å². The van der Waals surface area contributed by atoms with E-state index in [1.54, 1.807) is 16.3 Å². The summed E-state index contributed by atoms with van der Waals surface area (Å²) in [7, 11) is 1.87. The molecule has 1 aromatic heterocycles. The summed E-state index contributed by atoms with van der Waals surface area (Å²) in [5.41, 5.74) is -0.529. The van der Waals surface area contributed by atoms with E-state index in [-0.39, 0.29) is 17.3 Å². The van der Waals surface area contributed by atoms with E-state index in [1.165, 1.54) is 0 Å². The molecule has 1 fully saturated rings. The molecule has 2 atom stereocenters. The Labute approximate surface area is 129 Å². The van der Waals surface area contributed by atoms with Gasteiger partial charge in [-0.1, -0.05) is 18.2 Å². The number of aromatic amines is 1. The van der Waals surface area contributed by atoms with Crippen molar-refractivity contribution < 1.29 is 0 Å². The van der Waals surface area contributed by atoms with Crippen LogP contribution in [0.5, 0.6) is 0 Å². The number of nitrogens with zero attached hydrogens (tertiary/aromatic N) is 3. The number of hydrogen-bond donors (Lipinski definition) is 2. The third kappa shape index (κ3) is 3.16. The van der Waals surface area contributed by atoms with Crippen LogP contribution in [0.2, 0.25) is 0 Å². The number of aromatic nitrogens is 3. The van der Waals surface area contributed by atoms with Crippen molar-refractivity contribution in [3.8, 4) is 6.07 Å². The Balaban J connectivity index is 1.96. The number of rotatable bonds is 6. The molecule has 2 N–H and O–H groups in total. The van der Waals surface area contributed by atoms with Gasteiger partial charge in [-0.05, 0) is 46.1 Å². The summed E-state index contributed by atoms with van der Waals surface area (Å²) in [6, 6.07) is 2.56. The van der Waals surface area contributed by atoms with Crippen LogP contribution in [-0.2, 0) is 0 Å². The van der Waals surface area contributed by atoms with Gasteiger partial charge < -0.3 is 5.32 Å². The van der Waals surface area contributed by atoms with Crippen molar-refractivity contribution in [2.45, 2.75) is 56.3 Å². The van der Waals surface area contributed by atoms with Crippen molar-refractivity contribution in [1.82, 2.24) is 20.1 Å². The van der Waals surface area contributed by atoms with Gasteiger partial charge in [-0.3, -0.25) is 4.57 Å². The van der Waals surface area contributed by atoms with Crippen LogP contribution in [0.1, 0.15) is 45.6 Å². The van der Waals surface area contributed by atoms with E-state index in [9.17, 15) is 10.1 Å². The molecule has 1 aromatic rings. The Morgan fingerprint density at radius 2 is 2.43 bits per heavy atom. The maximum Gasteiger partial charge on any atom is 0.344 e.